The maximum atomic E-state index is 12.2. The number of nitrogens with zero attached hydrogens (tertiary/aromatic N) is 1. The molecule has 0 N–H and O–H groups in total. The Labute approximate surface area is 103 Å². The van der Waals surface area contributed by atoms with Gasteiger partial charge in [-0.15, -0.1) is 0 Å². The molecule has 1 rings (SSSR count). The van der Waals surface area contributed by atoms with Crippen LogP contribution in [-0.4, -0.2) is 38.4 Å². The minimum absolute atomic E-state index is 0.0740. The standard InChI is InChI=1S/C13H19NO2Si/c1-14(10-17(2,3)4)13(16)12-8-6-5-7-11(12)9-15/h5-9H,10H2,1-4H3. The molecule has 1 aromatic carbocycles. The Morgan fingerprint density at radius 3 is 2.41 bits per heavy atom. The third-order valence-corrected chi connectivity index (χ3v) is 3.80. The summed E-state index contributed by atoms with van der Waals surface area (Å²) < 4.78 is 0. The summed E-state index contributed by atoms with van der Waals surface area (Å²) in [4.78, 5) is 24.8. The molecule has 1 aromatic rings. The van der Waals surface area contributed by atoms with Gasteiger partial charge in [-0.05, 0) is 6.07 Å². The van der Waals surface area contributed by atoms with Gasteiger partial charge in [0.2, 0.25) is 0 Å². The zero-order chi connectivity index (χ0) is 13.1. The Balaban J connectivity index is 2.93. The summed E-state index contributed by atoms with van der Waals surface area (Å²) in [5, 5.41) is 0. The van der Waals surface area contributed by atoms with Gasteiger partial charge in [-0.2, -0.15) is 0 Å². The fourth-order valence-corrected chi connectivity index (χ4v) is 3.35. The fourth-order valence-electron chi connectivity index (χ4n) is 1.78. The Hall–Kier alpha value is -1.42. The topological polar surface area (TPSA) is 37.4 Å². The van der Waals surface area contributed by atoms with E-state index < -0.39 is 8.07 Å². The largest absolute Gasteiger partial charge is 0.345 e. The van der Waals surface area contributed by atoms with Crippen LogP contribution in [0.5, 0.6) is 0 Å². The Morgan fingerprint density at radius 1 is 1.29 bits per heavy atom. The second-order valence-corrected chi connectivity index (χ2v) is 10.9. The normalized spacial score (nSPS) is 11.1. The van der Waals surface area contributed by atoms with Crippen LogP contribution in [0.4, 0.5) is 0 Å². The first-order chi connectivity index (χ1) is 7.85. The van der Waals surface area contributed by atoms with E-state index in [1.165, 1.54) is 0 Å². The van der Waals surface area contributed by atoms with Gasteiger partial charge in [0.1, 0.15) is 0 Å². The van der Waals surface area contributed by atoms with Crippen LogP contribution in [-0.2, 0) is 0 Å². The smallest absolute Gasteiger partial charge is 0.254 e. The number of carbonyl (C=O) groups is 2. The molecule has 0 aromatic heterocycles. The first-order valence-electron chi connectivity index (χ1n) is 5.65. The summed E-state index contributed by atoms with van der Waals surface area (Å²) in [6.07, 6.45) is 1.52. The van der Waals surface area contributed by atoms with Crippen molar-refractivity contribution in [2.24, 2.45) is 0 Å². The van der Waals surface area contributed by atoms with Crippen LogP contribution in [0.1, 0.15) is 20.7 Å². The lowest BCUT2D eigenvalue weighted by Gasteiger charge is -2.25. The molecule has 0 atom stereocenters. The number of rotatable bonds is 4. The number of amides is 1. The lowest BCUT2D eigenvalue weighted by Crippen LogP contribution is -2.41. The summed E-state index contributed by atoms with van der Waals surface area (Å²) in [6.45, 7) is 6.63. The highest BCUT2D eigenvalue weighted by Crippen LogP contribution is 2.11. The van der Waals surface area contributed by atoms with Crippen molar-refractivity contribution in [1.29, 1.82) is 0 Å². The fraction of sp³-hybridized carbons (Fsp3) is 0.385. The minimum atomic E-state index is -1.33. The van der Waals surface area contributed by atoms with Gasteiger partial charge in [-0.3, -0.25) is 9.59 Å². The quantitative estimate of drug-likeness (QED) is 0.607. The molecule has 0 heterocycles. The molecule has 0 aliphatic carbocycles. The summed E-state index contributed by atoms with van der Waals surface area (Å²) in [6, 6.07) is 6.91. The van der Waals surface area contributed by atoms with E-state index in [-0.39, 0.29) is 5.91 Å². The van der Waals surface area contributed by atoms with Crippen molar-refractivity contribution < 1.29 is 9.59 Å². The van der Waals surface area contributed by atoms with Gasteiger partial charge in [0.15, 0.2) is 6.29 Å². The summed E-state index contributed by atoms with van der Waals surface area (Å²) in [5.74, 6) is -0.0740. The summed E-state index contributed by atoms with van der Waals surface area (Å²) >= 11 is 0. The van der Waals surface area contributed by atoms with Crippen LogP contribution in [0.3, 0.4) is 0 Å². The van der Waals surface area contributed by atoms with Crippen molar-refractivity contribution in [3.8, 4) is 0 Å². The monoisotopic (exact) mass is 249 g/mol. The van der Waals surface area contributed by atoms with E-state index >= 15 is 0 Å². The molecular weight excluding hydrogens is 230 g/mol. The highest BCUT2D eigenvalue weighted by Gasteiger charge is 2.21. The number of benzene rings is 1. The number of hydrogen-bond donors (Lipinski definition) is 0. The van der Waals surface area contributed by atoms with E-state index in [0.29, 0.717) is 11.1 Å². The molecule has 0 radical (unpaired) electrons. The van der Waals surface area contributed by atoms with Gasteiger partial charge in [0, 0.05) is 18.8 Å². The van der Waals surface area contributed by atoms with E-state index in [9.17, 15) is 9.59 Å². The van der Waals surface area contributed by atoms with Crippen molar-refractivity contribution in [2.75, 3.05) is 13.2 Å². The predicted molar refractivity (Wildman–Crippen MR) is 72.1 cm³/mol. The maximum Gasteiger partial charge on any atom is 0.254 e. The molecule has 17 heavy (non-hydrogen) atoms. The third-order valence-electron chi connectivity index (χ3n) is 2.38. The van der Waals surface area contributed by atoms with Crippen molar-refractivity contribution in [3.05, 3.63) is 35.4 Å². The number of hydrogen-bond acceptors (Lipinski definition) is 2. The lowest BCUT2D eigenvalue weighted by atomic mass is 10.1. The van der Waals surface area contributed by atoms with E-state index in [1.54, 1.807) is 36.2 Å². The number of carbonyl (C=O) groups excluding carboxylic acids is 2. The van der Waals surface area contributed by atoms with Crippen LogP contribution < -0.4 is 0 Å². The van der Waals surface area contributed by atoms with E-state index in [0.717, 1.165) is 12.5 Å². The highest BCUT2D eigenvalue weighted by molar-refractivity contribution is 6.76. The zero-order valence-electron chi connectivity index (χ0n) is 10.9. The van der Waals surface area contributed by atoms with Crippen LogP contribution >= 0.6 is 0 Å². The first kappa shape index (κ1) is 13.6. The minimum Gasteiger partial charge on any atom is -0.345 e. The molecule has 0 spiro atoms. The Morgan fingerprint density at radius 2 is 1.88 bits per heavy atom. The van der Waals surface area contributed by atoms with Crippen LogP contribution in [0.15, 0.2) is 24.3 Å². The average Bonchev–Trinajstić information content (AvgIpc) is 2.25. The Kier molecular flexibility index (Phi) is 4.23. The zero-order valence-corrected chi connectivity index (χ0v) is 11.9. The molecule has 0 saturated heterocycles. The van der Waals surface area contributed by atoms with E-state index in [2.05, 4.69) is 19.6 Å². The molecule has 92 valence electrons. The number of aldehydes is 1. The van der Waals surface area contributed by atoms with Crippen molar-refractivity contribution in [3.63, 3.8) is 0 Å². The van der Waals surface area contributed by atoms with Crippen LogP contribution in [0.25, 0.3) is 0 Å². The lowest BCUT2D eigenvalue weighted by molar-refractivity contribution is 0.0812. The van der Waals surface area contributed by atoms with Crippen molar-refractivity contribution >= 4 is 20.3 Å². The van der Waals surface area contributed by atoms with Crippen molar-refractivity contribution in [1.82, 2.24) is 4.90 Å². The average molecular weight is 249 g/mol. The first-order valence-corrected chi connectivity index (χ1v) is 9.35. The van der Waals surface area contributed by atoms with Gasteiger partial charge in [-0.1, -0.05) is 37.8 Å². The van der Waals surface area contributed by atoms with Crippen molar-refractivity contribution in [2.45, 2.75) is 19.6 Å². The molecule has 4 heteroatoms. The molecule has 0 fully saturated rings. The third kappa shape index (κ3) is 3.82. The van der Waals surface area contributed by atoms with Gasteiger partial charge in [-0.25, -0.2) is 0 Å². The van der Waals surface area contributed by atoms with E-state index in [4.69, 9.17) is 0 Å². The second-order valence-electron chi connectivity index (χ2n) is 5.43. The van der Waals surface area contributed by atoms with Crippen LogP contribution in [0, 0.1) is 0 Å². The summed E-state index contributed by atoms with van der Waals surface area (Å²) in [5.41, 5.74) is 0.947. The Bertz CT molecular complexity index is 424. The molecule has 1 amide bonds. The highest BCUT2D eigenvalue weighted by atomic mass is 28.3. The molecule has 0 bridgehead atoms. The van der Waals surface area contributed by atoms with E-state index in [1.807, 2.05) is 0 Å². The molecule has 0 unspecified atom stereocenters. The van der Waals surface area contributed by atoms with Gasteiger partial charge >= 0.3 is 0 Å². The molecule has 0 aliphatic heterocycles. The molecule has 3 nitrogen and oxygen atoms in total. The summed E-state index contributed by atoms with van der Waals surface area (Å²) in [7, 11) is 0.467. The van der Waals surface area contributed by atoms with Gasteiger partial charge in [0.25, 0.3) is 5.91 Å². The van der Waals surface area contributed by atoms with Crippen LogP contribution in [0.2, 0.25) is 19.6 Å². The predicted octanol–water partition coefficient (Wildman–Crippen LogP) is 2.45. The molecular formula is C13H19NO2Si. The van der Waals surface area contributed by atoms with Gasteiger partial charge in [0.05, 0.1) is 13.6 Å². The van der Waals surface area contributed by atoms with Gasteiger partial charge < -0.3 is 4.90 Å². The molecule has 0 aliphatic rings. The second kappa shape index (κ2) is 5.27. The maximum absolute atomic E-state index is 12.2. The SMILES string of the molecule is CN(C[Si](C)(C)C)C(=O)c1ccccc1C=O. The molecule has 0 saturated carbocycles.